The van der Waals surface area contributed by atoms with E-state index in [0.29, 0.717) is 5.56 Å². The molecule has 3 nitrogen and oxygen atoms in total. The maximum absolute atomic E-state index is 11.0. The highest BCUT2D eigenvalue weighted by atomic mass is 16.5. The third kappa shape index (κ3) is 4.41. The Balaban J connectivity index is 1.66. The number of hydrogen-bond donors (Lipinski definition) is 0. The van der Waals surface area contributed by atoms with Gasteiger partial charge in [-0.15, -0.1) is 0 Å². The summed E-state index contributed by atoms with van der Waals surface area (Å²) in [5, 5.41) is 0. The first-order chi connectivity index (χ1) is 14.6. The SMILES string of the molecule is Cc1ccc(Oc2ccc(N(c3ccc(C)cc3)c3ccc(C=O)cc3)cc2)cc1. The fourth-order valence-corrected chi connectivity index (χ4v) is 3.25. The van der Waals surface area contributed by atoms with Gasteiger partial charge < -0.3 is 9.64 Å². The Hall–Kier alpha value is -3.85. The van der Waals surface area contributed by atoms with Crippen LogP contribution in [0.15, 0.2) is 97.1 Å². The first-order valence-corrected chi connectivity index (χ1v) is 9.89. The second-order valence-electron chi connectivity index (χ2n) is 7.29. The minimum atomic E-state index is 0.657. The molecule has 4 aromatic carbocycles. The summed E-state index contributed by atoms with van der Waals surface area (Å²) in [6, 6.07) is 32.0. The molecule has 0 spiro atoms. The highest BCUT2D eigenvalue weighted by molar-refractivity contribution is 5.80. The van der Waals surface area contributed by atoms with Crippen molar-refractivity contribution in [2.24, 2.45) is 0 Å². The van der Waals surface area contributed by atoms with Crippen molar-refractivity contribution in [3.63, 3.8) is 0 Å². The number of nitrogens with zero attached hydrogens (tertiary/aromatic N) is 1. The van der Waals surface area contributed by atoms with Gasteiger partial charge in [-0.1, -0.05) is 35.4 Å². The number of anilines is 3. The van der Waals surface area contributed by atoms with E-state index in [4.69, 9.17) is 4.74 Å². The number of hydrogen-bond acceptors (Lipinski definition) is 3. The normalized spacial score (nSPS) is 10.5. The summed E-state index contributed by atoms with van der Waals surface area (Å²) in [6.07, 6.45) is 0.858. The maximum atomic E-state index is 11.0. The number of aryl methyl sites for hydroxylation is 2. The van der Waals surface area contributed by atoms with Crippen molar-refractivity contribution < 1.29 is 9.53 Å². The molecular weight excluding hydrogens is 370 g/mol. The lowest BCUT2D eigenvalue weighted by Crippen LogP contribution is -2.09. The zero-order valence-corrected chi connectivity index (χ0v) is 17.1. The van der Waals surface area contributed by atoms with E-state index < -0.39 is 0 Å². The van der Waals surface area contributed by atoms with Gasteiger partial charge in [0.1, 0.15) is 17.8 Å². The minimum absolute atomic E-state index is 0.657. The monoisotopic (exact) mass is 393 g/mol. The number of carbonyl (C=O) groups is 1. The fourth-order valence-electron chi connectivity index (χ4n) is 3.25. The highest BCUT2D eigenvalue weighted by Crippen LogP contribution is 2.36. The molecule has 0 radical (unpaired) electrons. The van der Waals surface area contributed by atoms with E-state index in [1.54, 1.807) is 0 Å². The van der Waals surface area contributed by atoms with Crippen LogP contribution in [0.1, 0.15) is 21.5 Å². The van der Waals surface area contributed by atoms with Crippen LogP contribution in [0.4, 0.5) is 17.1 Å². The number of benzene rings is 4. The standard InChI is InChI=1S/C27H23NO2/c1-20-3-9-23(10-4-20)28(24-11-7-22(19-29)8-12-24)25-13-17-27(18-14-25)30-26-15-5-21(2)6-16-26/h3-19H,1-2H3. The molecular formula is C27H23NO2. The van der Waals surface area contributed by atoms with E-state index in [9.17, 15) is 4.79 Å². The molecule has 0 fully saturated rings. The van der Waals surface area contributed by atoms with Crippen LogP contribution in [0, 0.1) is 13.8 Å². The summed E-state index contributed by atoms with van der Waals surface area (Å²) in [4.78, 5) is 13.2. The molecule has 0 bridgehead atoms. The average Bonchev–Trinajstić information content (AvgIpc) is 2.78. The number of carbonyl (C=O) groups excluding carboxylic acids is 1. The van der Waals surface area contributed by atoms with Gasteiger partial charge in [-0.2, -0.15) is 0 Å². The molecule has 0 amide bonds. The molecule has 0 unspecified atom stereocenters. The predicted molar refractivity (Wildman–Crippen MR) is 123 cm³/mol. The lowest BCUT2D eigenvalue weighted by atomic mass is 10.1. The van der Waals surface area contributed by atoms with Crippen LogP contribution in [-0.2, 0) is 0 Å². The summed E-state index contributed by atoms with van der Waals surface area (Å²) < 4.78 is 5.97. The van der Waals surface area contributed by atoms with Crippen LogP contribution in [-0.4, -0.2) is 6.29 Å². The maximum Gasteiger partial charge on any atom is 0.150 e. The number of aldehydes is 1. The van der Waals surface area contributed by atoms with Crippen LogP contribution in [0.5, 0.6) is 11.5 Å². The van der Waals surface area contributed by atoms with Gasteiger partial charge in [-0.3, -0.25) is 4.79 Å². The molecule has 4 rings (SSSR count). The van der Waals surface area contributed by atoms with E-state index in [-0.39, 0.29) is 0 Å². The summed E-state index contributed by atoms with van der Waals surface area (Å²) in [7, 11) is 0. The molecule has 0 aliphatic heterocycles. The Morgan fingerprint density at radius 1 is 0.567 bits per heavy atom. The molecule has 0 saturated heterocycles. The van der Waals surface area contributed by atoms with E-state index >= 15 is 0 Å². The molecule has 0 atom stereocenters. The first-order valence-electron chi connectivity index (χ1n) is 9.89. The Kier molecular flexibility index (Phi) is 5.62. The second-order valence-corrected chi connectivity index (χ2v) is 7.29. The van der Waals surface area contributed by atoms with Crippen molar-refractivity contribution in [3.05, 3.63) is 114 Å². The van der Waals surface area contributed by atoms with Crippen molar-refractivity contribution in [3.8, 4) is 11.5 Å². The predicted octanol–water partition coefficient (Wildman–Crippen LogP) is 7.38. The third-order valence-corrected chi connectivity index (χ3v) is 4.93. The number of rotatable bonds is 6. The van der Waals surface area contributed by atoms with Crippen molar-refractivity contribution in [1.82, 2.24) is 0 Å². The molecule has 4 aromatic rings. The summed E-state index contributed by atoms with van der Waals surface area (Å²) in [5.41, 5.74) is 6.10. The molecule has 0 aliphatic rings. The van der Waals surface area contributed by atoms with Gasteiger partial charge in [0.15, 0.2) is 0 Å². The fraction of sp³-hybridized carbons (Fsp3) is 0.0741. The van der Waals surface area contributed by atoms with Crippen molar-refractivity contribution in [2.45, 2.75) is 13.8 Å². The first kappa shape index (κ1) is 19.5. The molecule has 0 heterocycles. The Bertz CT molecular complexity index is 1110. The van der Waals surface area contributed by atoms with Crippen LogP contribution in [0.2, 0.25) is 0 Å². The second kappa shape index (κ2) is 8.66. The summed E-state index contributed by atoms with van der Waals surface area (Å²) >= 11 is 0. The topological polar surface area (TPSA) is 29.5 Å². The van der Waals surface area contributed by atoms with E-state index in [0.717, 1.165) is 34.8 Å². The molecule has 148 valence electrons. The van der Waals surface area contributed by atoms with Gasteiger partial charge >= 0.3 is 0 Å². The van der Waals surface area contributed by atoms with Gasteiger partial charge in [0, 0.05) is 22.6 Å². The lowest BCUT2D eigenvalue weighted by Gasteiger charge is -2.26. The van der Waals surface area contributed by atoms with Gasteiger partial charge in [0.05, 0.1) is 0 Å². The average molecular weight is 393 g/mol. The van der Waals surface area contributed by atoms with Crippen molar-refractivity contribution in [1.29, 1.82) is 0 Å². The molecule has 0 saturated carbocycles. The van der Waals surface area contributed by atoms with Gasteiger partial charge in [0.25, 0.3) is 0 Å². The van der Waals surface area contributed by atoms with E-state index in [1.807, 2.05) is 72.8 Å². The zero-order chi connectivity index (χ0) is 20.9. The lowest BCUT2D eigenvalue weighted by molar-refractivity contribution is 0.112. The third-order valence-electron chi connectivity index (χ3n) is 4.93. The molecule has 3 heteroatoms. The van der Waals surface area contributed by atoms with Crippen LogP contribution >= 0.6 is 0 Å². The minimum Gasteiger partial charge on any atom is -0.457 e. The largest absolute Gasteiger partial charge is 0.457 e. The van der Waals surface area contributed by atoms with Crippen molar-refractivity contribution >= 4 is 23.3 Å². The number of ether oxygens (including phenoxy) is 1. The quantitative estimate of drug-likeness (QED) is 0.320. The zero-order valence-electron chi connectivity index (χ0n) is 17.1. The van der Waals surface area contributed by atoms with E-state index in [2.05, 4.69) is 43.0 Å². The smallest absolute Gasteiger partial charge is 0.150 e. The summed E-state index contributed by atoms with van der Waals surface area (Å²) in [6.45, 7) is 4.13. The van der Waals surface area contributed by atoms with Gasteiger partial charge in [-0.25, -0.2) is 0 Å². The highest BCUT2D eigenvalue weighted by Gasteiger charge is 2.12. The molecule has 0 aromatic heterocycles. The van der Waals surface area contributed by atoms with Crippen molar-refractivity contribution in [2.75, 3.05) is 4.90 Å². The van der Waals surface area contributed by atoms with Crippen LogP contribution in [0.25, 0.3) is 0 Å². The van der Waals surface area contributed by atoms with Gasteiger partial charge in [0.2, 0.25) is 0 Å². The molecule has 0 aliphatic carbocycles. The van der Waals surface area contributed by atoms with Crippen LogP contribution in [0.3, 0.4) is 0 Å². The van der Waals surface area contributed by atoms with Crippen LogP contribution < -0.4 is 9.64 Å². The Labute approximate surface area is 177 Å². The molecule has 30 heavy (non-hydrogen) atoms. The Morgan fingerprint density at radius 3 is 1.40 bits per heavy atom. The molecule has 0 N–H and O–H groups in total. The Morgan fingerprint density at radius 2 is 0.933 bits per heavy atom. The summed E-state index contributed by atoms with van der Waals surface area (Å²) in [5.74, 6) is 1.59. The van der Waals surface area contributed by atoms with Gasteiger partial charge in [-0.05, 0) is 86.6 Å². The van der Waals surface area contributed by atoms with E-state index in [1.165, 1.54) is 11.1 Å².